The second kappa shape index (κ2) is 6.29. The van der Waals surface area contributed by atoms with E-state index in [2.05, 4.69) is 27.3 Å². The van der Waals surface area contributed by atoms with E-state index in [1.54, 1.807) is 18.2 Å². The Morgan fingerprint density at radius 3 is 2.58 bits per heavy atom. The maximum absolute atomic E-state index is 9.29. The van der Waals surface area contributed by atoms with Gasteiger partial charge in [0, 0.05) is 25.8 Å². The Labute approximate surface area is 130 Å². The first kappa shape index (κ1) is 14.2. The molecule has 96 valence electrons. The highest BCUT2D eigenvalue weighted by atomic mass is 79.9. The molecule has 2 aromatic carbocycles. The van der Waals surface area contributed by atoms with Gasteiger partial charge >= 0.3 is 0 Å². The summed E-state index contributed by atoms with van der Waals surface area (Å²) in [6.07, 6.45) is 0. The van der Waals surface area contributed by atoms with E-state index in [0.717, 1.165) is 10.2 Å². The molecule has 0 bridgehead atoms. The summed E-state index contributed by atoms with van der Waals surface area (Å²) in [5, 5.41) is 13.4. The molecule has 2 rings (SSSR count). The highest BCUT2D eigenvalue weighted by Crippen LogP contribution is 2.29. The molecule has 1 unspecified atom stereocenters. The molecule has 0 aliphatic carbocycles. The van der Waals surface area contributed by atoms with Crippen molar-refractivity contribution in [2.45, 2.75) is 6.04 Å². The second-order valence-corrected chi connectivity index (χ2v) is 5.64. The van der Waals surface area contributed by atoms with Gasteiger partial charge in [0.2, 0.25) is 0 Å². The summed E-state index contributed by atoms with van der Waals surface area (Å²) in [6, 6.07) is 14.4. The van der Waals surface area contributed by atoms with Gasteiger partial charge in [0.25, 0.3) is 0 Å². The molecular weight excluding hydrogens is 347 g/mol. The van der Waals surface area contributed by atoms with Crippen LogP contribution >= 0.6 is 39.1 Å². The van der Waals surface area contributed by atoms with Crippen LogP contribution in [0.3, 0.4) is 0 Å². The van der Waals surface area contributed by atoms with Gasteiger partial charge in [0.15, 0.2) is 0 Å². The van der Waals surface area contributed by atoms with Crippen LogP contribution < -0.4 is 5.32 Å². The van der Waals surface area contributed by atoms with Gasteiger partial charge in [-0.3, -0.25) is 0 Å². The molecule has 0 aliphatic heterocycles. The van der Waals surface area contributed by atoms with E-state index in [1.807, 2.05) is 24.3 Å². The molecule has 19 heavy (non-hydrogen) atoms. The SMILES string of the molecule is N#CC(Nc1cccc(Br)c1)c1ccc(Cl)cc1Cl. The first-order valence-electron chi connectivity index (χ1n) is 5.47. The van der Waals surface area contributed by atoms with Crippen LogP contribution in [-0.2, 0) is 0 Å². The van der Waals surface area contributed by atoms with Crippen LogP contribution in [0.2, 0.25) is 10.0 Å². The Kier molecular flexibility index (Phi) is 4.71. The highest BCUT2D eigenvalue weighted by Gasteiger charge is 2.14. The second-order valence-electron chi connectivity index (χ2n) is 3.88. The highest BCUT2D eigenvalue weighted by molar-refractivity contribution is 9.10. The molecule has 2 nitrogen and oxygen atoms in total. The number of hydrogen-bond donors (Lipinski definition) is 1. The largest absolute Gasteiger partial charge is 0.366 e. The topological polar surface area (TPSA) is 35.8 Å². The van der Waals surface area contributed by atoms with Crippen LogP contribution in [0.25, 0.3) is 0 Å². The summed E-state index contributed by atoms with van der Waals surface area (Å²) < 4.78 is 0.941. The van der Waals surface area contributed by atoms with Crippen molar-refractivity contribution in [3.05, 3.63) is 62.5 Å². The average molecular weight is 356 g/mol. The van der Waals surface area contributed by atoms with E-state index < -0.39 is 6.04 Å². The summed E-state index contributed by atoms with van der Waals surface area (Å²) in [5.74, 6) is 0. The van der Waals surface area contributed by atoms with Crippen molar-refractivity contribution in [2.24, 2.45) is 0 Å². The van der Waals surface area contributed by atoms with Crippen LogP contribution in [0.1, 0.15) is 11.6 Å². The molecule has 0 fully saturated rings. The molecule has 5 heteroatoms. The van der Waals surface area contributed by atoms with Crippen LogP contribution in [-0.4, -0.2) is 0 Å². The maximum atomic E-state index is 9.29. The van der Waals surface area contributed by atoms with Crippen molar-refractivity contribution in [3.63, 3.8) is 0 Å². The molecule has 1 N–H and O–H groups in total. The lowest BCUT2D eigenvalue weighted by Gasteiger charge is -2.15. The van der Waals surface area contributed by atoms with E-state index in [1.165, 1.54) is 0 Å². The third-order valence-electron chi connectivity index (χ3n) is 2.54. The molecule has 0 spiro atoms. The Balaban J connectivity index is 2.28. The fourth-order valence-corrected chi connectivity index (χ4v) is 2.58. The summed E-state index contributed by atoms with van der Waals surface area (Å²) >= 11 is 15.4. The lowest BCUT2D eigenvalue weighted by molar-refractivity contribution is 0.998. The number of nitrogens with one attached hydrogen (secondary N) is 1. The van der Waals surface area contributed by atoms with E-state index in [-0.39, 0.29) is 0 Å². The number of nitrogens with zero attached hydrogens (tertiary/aromatic N) is 1. The number of nitriles is 1. The van der Waals surface area contributed by atoms with Crippen molar-refractivity contribution >= 4 is 44.8 Å². The summed E-state index contributed by atoms with van der Waals surface area (Å²) in [6.45, 7) is 0. The van der Waals surface area contributed by atoms with Crippen molar-refractivity contribution in [2.75, 3.05) is 5.32 Å². The predicted octanol–water partition coefficient (Wildman–Crippen LogP) is 5.43. The molecule has 0 amide bonds. The van der Waals surface area contributed by atoms with E-state index >= 15 is 0 Å². The fraction of sp³-hybridized carbons (Fsp3) is 0.0714. The van der Waals surface area contributed by atoms with Crippen molar-refractivity contribution in [3.8, 4) is 6.07 Å². The number of halogens is 3. The lowest BCUT2D eigenvalue weighted by Crippen LogP contribution is -2.09. The quantitative estimate of drug-likeness (QED) is 0.796. The van der Waals surface area contributed by atoms with Gasteiger partial charge < -0.3 is 5.32 Å². The van der Waals surface area contributed by atoms with E-state index in [0.29, 0.717) is 15.6 Å². The van der Waals surface area contributed by atoms with Crippen LogP contribution in [0.5, 0.6) is 0 Å². The monoisotopic (exact) mass is 354 g/mol. The van der Waals surface area contributed by atoms with Crippen LogP contribution in [0, 0.1) is 11.3 Å². The minimum atomic E-state index is -0.529. The number of hydrogen-bond acceptors (Lipinski definition) is 2. The summed E-state index contributed by atoms with van der Waals surface area (Å²) in [7, 11) is 0. The van der Waals surface area contributed by atoms with E-state index in [4.69, 9.17) is 23.2 Å². The van der Waals surface area contributed by atoms with Crippen LogP contribution in [0.4, 0.5) is 5.69 Å². The standard InChI is InChI=1S/C14H9BrCl2N2/c15-9-2-1-3-11(6-9)19-14(8-18)12-5-4-10(16)7-13(12)17/h1-7,14,19H. The Morgan fingerprint density at radius 2 is 1.95 bits per heavy atom. The predicted molar refractivity (Wildman–Crippen MR) is 82.6 cm³/mol. The average Bonchev–Trinajstić information content (AvgIpc) is 2.37. The lowest BCUT2D eigenvalue weighted by atomic mass is 10.1. The minimum Gasteiger partial charge on any atom is -0.366 e. The minimum absolute atomic E-state index is 0.474. The molecule has 1 atom stereocenters. The number of rotatable bonds is 3. The van der Waals surface area contributed by atoms with Gasteiger partial charge in [-0.15, -0.1) is 0 Å². The first-order valence-corrected chi connectivity index (χ1v) is 7.01. The first-order chi connectivity index (χ1) is 9.10. The molecule has 2 aromatic rings. The normalized spacial score (nSPS) is 11.7. The van der Waals surface area contributed by atoms with Gasteiger partial charge in [0.1, 0.15) is 6.04 Å². The Hall–Kier alpha value is -1.21. The molecular formula is C14H9BrCl2N2. The zero-order valence-electron chi connectivity index (χ0n) is 9.70. The van der Waals surface area contributed by atoms with Gasteiger partial charge in [-0.05, 0) is 30.3 Å². The molecule has 0 radical (unpaired) electrons. The van der Waals surface area contributed by atoms with E-state index in [9.17, 15) is 5.26 Å². The van der Waals surface area contributed by atoms with Crippen molar-refractivity contribution < 1.29 is 0 Å². The zero-order valence-corrected chi connectivity index (χ0v) is 12.8. The molecule has 0 heterocycles. The van der Waals surface area contributed by atoms with Gasteiger partial charge in [-0.25, -0.2) is 0 Å². The third kappa shape index (κ3) is 3.63. The van der Waals surface area contributed by atoms with Crippen molar-refractivity contribution in [1.82, 2.24) is 0 Å². The molecule has 0 aliphatic rings. The van der Waals surface area contributed by atoms with Gasteiger partial charge in [0.05, 0.1) is 6.07 Å². The maximum Gasteiger partial charge on any atom is 0.141 e. The van der Waals surface area contributed by atoms with Crippen LogP contribution in [0.15, 0.2) is 46.9 Å². The number of benzene rings is 2. The smallest absolute Gasteiger partial charge is 0.141 e. The Morgan fingerprint density at radius 1 is 1.16 bits per heavy atom. The molecule has 0 saturated carbocycles. The molecule has 0 aromatic heterocycles. The summed E-state index contributed by atoms with van der Waals surface area (Å²) in [4.78, 5) is 0. The number of anilines is 1. The zero-order chi connectivity index (χ0) is 13.8. The fourth-order valence-electron chi connectivity index (χ4n) is 1.66. The Bertz CT molecular complexity index is 638. The molecule has 0 saturated heterocycles. The van der Waals surface area contributed by atoms with Gasteiger partial charge in [-0.1, -0.05) is 51.3 Å². The van der Waals surface area contributed by atoms with Crippen molar-refractivity contribution in [1.29, 1.82) is 5.26 Å². The van der Waals surface area contributed by atoms with Gasteiger partial charge in [-0.2, -0.15) is 5.26 Å². The third-order valence-corrected chi connectivity index (χ3v) is 3.59. The summed E-state index contributed by atoms with van der Waals surface area (Å²) in [5.41, 5.74) is 1.54.